The predicted octanol–water partition coefficient (Wildman–Crippen LogP) is -4.16. The Bertz CT molecular complexity index is 280. The summed E-state index contributed by atoms with van der Waals surface area (Å²) in [5.41, 5.74) is 0. The fourth-order valence-electron chi connectivity index (χ4n) is 1.41. The minimum absolute atomic E-state index is 1.25. The number of carbonyl (C=O) groups is 4. The van der Waals surface area contributed by atoms with Gasteiger partial charge in [-0.3, -0.25) is 0 Å². The van der Waals surface area contributed by atoms with Crippen molar-refractivity contribution in [3.8, 4) is 0 Å². The minimum atomic E-state index is -4.76. The van der Waals surface area contributed by atoms with Crippen molar-refractivity contribution in [2.24, 2.45) is 0 Å². The van der Waals surface area contributed by atoms with E-state index in [0.29, 0.717) is 0 Å². The first-order valence-corrected chi connectivity index (χ1v) is 6.50. The van der Waals surface area contributed by atoms with Crippen molar-refractivity contribution in [1.29, 1.82) is 0 Å². The molecule has 0 saturated heterocycles. The minimum Gasteiger partial charge on any atom is -0.389 e. The van der Waals surface area contributed by atoms with E-state index in [2.05, 4.69) is 0 Å². The quantitative estimate of drug-likeness (QED) is 0.323. The Kier molecular flexibility index (Phi) is 5.99. The summed E-state index contributed by atoms with van der Waals surface area (Å²) in [7, 11) is -4.76. The van der Waals surface area contributed by atoms with Gasteiger partial charge in [0.2, 0.25) is 0 Å². The first kappa shape index (κ1) is 15.7. The summed E-state index contributed by atoms with van der Waals surface area (Å²) in [6.07, 6.45) is 0. The van der Waals surface area contributed by atoms with Gasteiger partial charge in [0.25, 0.3) is 0 Å². The van der Waals surface area contributed by atoms with Gasteiger partial charge in [-0.05, 0) is 0 Å². The molecule has 0 aliphatic rings. The maximum atomic E-state index is 11.5. The number of carbonyl (C=O) groups excluding carboxylic acids is 4. The maximum absolute atomic E-state index is 11.5. The number of aliphatic hydroxyl groups is 4. The molecule has 0 heterocycles. The van der Waals surface area contributed by atoms with Crippen LogP contribution in [0.1, 0.15) is 0 Å². The molecule has 96 valence electrons. The van der Waals surface area contributed by atoms with Gasteiger partial charge in [-0.1, -0.05) is 0 Å². The molecule has 0 rings (SSSR count). The second kappa shape index (κ2) is 6.47. The molecule has 0 unspecified atom stereocenters. The van der Waals surface area contributed by atoms with E-state index in [1.165, 1.54) is 0 Å². The van der Waals surface area contributed by atoms with Gasteiger partial charge < -0.3 is 39.6 Å². The van der Waals surface area contributed by atoms with E-state index in [0.717, 1.165) is 0 Å². The molecule has 0 saturated carbocycles. The molecule has 0 aromatic heterocycles. The molecule has 17 heavy (non-hydrogen) atoms. The fraction of sp³-hybridized carbons (Fsp3) is 0.500. The molecule has 9 heteroatoms. The fourth-order valence-corrected chi connectivity index (χ4v) is 4.22. The Morgan fingerprint density at radius 2 is 0.765 bits per heavy atom. The molecule has 0 aliphatic carbocycles. The molecular formula is C8H12O8Si. The molecule has 0 aromatic carbocycles. The first-order valence-electron chi connectivity index (χ1n) is 4.50. The highest BCUT2D eigenvalue weighted by atomic mass is 28.3. The highest BCUT2D eigenvalue weighted by molar-refractivity contribution is 7.54. The van der Waals surface area contributed by atoms with E-state index in [-0.39, 0.29) is 0 Å². The van der Waals surface area contributed by atoms with Crippen molar-refractivity contribution in [2.45, 2.75) is 0 Å². The number of hydrogen-bond acceptors (Lipinski definition) is 8. The summed E-state index contributed by atoms with van der Waals surface area (Å²) >= 11 is 0. The number of rotatable bonds is 8. The third-order valence-electron chi connectivity index (χ3n) is 2.25. The van der Waals surface area contributed by atoms with Crippen LogP contribution in [-0.2, 0) is 19.2 Å². The van der Waals surface area contributed by atoms with Crippen LogP contribution in [0.5, 0.6) is 0 Å². The van der Waals surface area contributed by atoms with E-state index in [4.69, 9.17) is 20.4 Å². The van der Waals surface area contributed by atoms with E-state index in [1.807, 2.05) is 0 Å². The molecule has 0 fully saturated rings. The summed E-state index contributed by atoms with van der Waals surface area (Å²) < 4.78 is 0. The monoisotopic (exact) mass is 264 g/mol. The standard InChI is InChI=1S/C8H12O8Si/c9-1-5(13)17(6(14)2-10,7(15)3-11)8(16)4-12/h9-12H,1-4H2. The van der Waals surface area contributed by atoms with E-state index in [1.54, 1.807) is 0 Å². The Morgan fingerprint density at radius 3 is 0.882 bits per heavy atom. The van der Waals surface area contributed by atoms with Crippen LogP contribution >= 0.6 is 0 Å². The molecule has 0 spiro atoms. The summed E-state index contributed by atoms with van der Waals surface area (Å²) in [5, 5.41) is 29.3. The SMILES string of the molecule is O=C(CO)[Si](C(=O)CO)(C(=O)CO)C(=O)CO. The van der Waals surface area contributed by atoms with Crippen LogP contribution in [0.2, 0.25) is 0 Å². The smallest absolute Gasteiger partial charge is 0.359 e. The molecule has 8 nitrogen and oxygen atoms in total. The molecule has 0 aromatic rings. The zero-order valence-electron chi connectivity index (χ0n) is 8.75. The lowest BCUT2D eigenvalue weighted by molar-refractivity contribution is -0.126. The molecular weight excluding hydrogens is 252 g/mol. The Balaban J connectivity index is 5.88. The topological polar surface area (TPSA) is 149 Å². The average molecular weight is 264 g/mol. The van der Waals surface area contributed by atoms with E-state index < -0.39 is 56.1 Å². The summed E-state index contributed by atoms with van der Waals surface area (Å²) in [5.74, 6) is 0. The molecule has 0 amide bonds. The van der Waals surface area contributed by atoms with Gasteiger partial charge in [0.15, 0.2) is 21.6 Å². The van der Waals surface area contributed by atoms with Crippen LogP contribution in [0.3, 0.4) is 0 Å². The molecule has 0 radical (unpaired) electrons. The van der Waals surface area contributed by atoms with Gasteiger partial charge in [-0.15, -0.1) is 0 Å². The van der Waals surface area contributed by atoms with Gasteiger partial charge in [-0.2, -0.15) is 0 Å². The van der Waals surface area contributed by atoms with Gasteiger partial charge in [0.1, 0.15) is 0 Å². The van der Waals surface area contributed by atoms with Crippen LogP contribution in [0.25, 0.3) is 0 Å². The maximum Gasteiger partial charge on any atom is 0.359 e. The van der Waals surface area contributed by atoms with E-state index in [9.17, 15) is 19.2 Å². The largest absolute Gasteiger partial charge is 0.389 e. The third-order valence-corrected chi connectivity index (χ3v) is 6.23. The van der Waals surface area contributed by atoms with Crippen LogP contribution in [-0.4, -0.2) is 76.6 Å². The van der Waals surface area contributed by atoms with Crippen molar-refractivity contribution >= 4 is 29.7 Å². The van der Waals surface area contributed by atoms with Gasteiger partial charge >= 0.3 is 8.07 Å². The Morgan fingerprint density at radius 1 is 0.588 bits per heavy atom. The lowest BCUT2D eigenvalue weighted by Gasteiger charge is -2.22. The van der Waals surface area contributed by atoms with Crippen molar-refractivity contribution in [1.82, 2.24) is 0 Å². The van der Waals surface area contributed by atoms with Crippen molar-refractivity contribution < 1.29 is 39.6 Å². The summed E-state index contributed by atoms with van der Waals surface area (Å²) in [6.45, 7) is -5.02. The van der Waals surface area contributed by atoms with Crippen molar-refractivity contribution in [3.63, 3.8) is 0 Å². The van der Waals surface area contributed by atoms with Crippen LogP contribution in [0.15, 0.2) is 0 Å². The normalized spacial score (nSPS) is 11.1. The number of hydrogen-bond donors (Lipinski definition) is 4. The zero-order valence-corrected chi connectivity index (χ0v) is 9.75. The summed E-state index contributed by atoms with van der Waals surface area (Å²) in [4.78, 5) is 45.8. The van der Waals surface area contributed by atoms with Crippen molar-refractivity contribution in [3.05, 3.63) is 0 Å². The lowest BCUT2D eigenvalue weighted by Crippen LogP contribution is -2.69. The Hall–Kier alpha value is -1.26. The van der Waals surface area contributed by atoms with Gasteiger partial charge in [-0.25, -0.2) is 0 Å². The predicted molar refractivity (Wildman–Crippen MR) is 54.1 cm³/mol. The van der Waals surface area contributed by atoms with Crippen LogP contribution in [0, 0.1) is 0 Å². The zero-order chi connectivity index (χ0) is 13.6. The average Bonchev–Trinajstić information content (AvgIpc) is 2.37. The molecule has 4 N–H and O–H groups in total. The first-order chi connectivity index (χ1) is 7.93. The second-order valence-corrected chi connectivity index (χ2v) is 6.81. The molecule has 0 bridgehead atoms. The number of aliphatic hydroxyl groups excluding tert-OH is 4. The van der Waals surface area contributed by atoms with E-state index >= 15 is 0 Å². The second-order valence-electron chi connectivity index (χ2n) is 3.08. The molecule has 0 atom stereocenters. The van der Waals surface area contributed by atoms with Crippen LogP contribution < -0.4 is 0 Å². The summed E-state index contributed by atoms with van der Waals surface area (Å²) in [6, 6.07) is 0. The molecule has 0 aliphatic heterocycles. The van der Waals surface area contributed by atoms with Gasteiger partial charge in [0, 0.05) is 0 Å². The van der Waals surface area contributed by atoms with Crippen LogP contribution in [0.4, 0.5) is 0 Å². The highest BCUT2D eigenvalue weighted by Crippen LogP contribution is 2.10. The lowest BCUT2D eigenvalue weighted by atomic mass is 10.8. The van der Waals surface area contributed by atoms with Crippen molar-refractivity contribution in [2.75, 3.05) is 26.4 Å². The Labute approximate surface area is 96.5 Å². The highest BCUT2D eigenvalue weighted by Gasteiger charge is 2.60. The third kappa shape index (κ3) is 2.53. The van der Waals surface area contributed by atoms with Gasteiger partial charge in [0.05, 0.1) is 26.4 Å².